The summed E-state index contributed by atoms with van der Waals surface area (Å²) < 4.78 is 33.1. The van der Waals surface area contributed by atoms with E-state index in [1.54, 1.807) is 36.1 Å². The molecule has 37 heavy (non-hydrogen) atoms. The van der Waals surface area contributed by atoms with Crippen molar-refractivity contribution >= 4 is 33.4 Å². The number of nitrogens with zero attached hydrogens (tertiary/aromatic N) is 2. The fourth-order valence-electron chi connectivity index (χ4n) is 6.07. The number of piperidine rings is 1. The third kappa shape index (κ3) is 4.99. The van der Waals surface area contributed by atoms with E-state index in [2.05, 4.69) is 5.32 Å². The monoisotopic (exact) mass is 525 g/mol. The summed E-state index contributed by atoms with van der Waals surface area (Å²) in [5.41, 5.74) is 2.72. The zero-order valence-corrected chi connectivity index (χ0v) is 22.2. The van der Waals surface area contributed by atoms with Crippen LogP contribution in [0.15, 0.2) is 47.4 Å². The Morgan fingerprint density at radius 2 is 1.70 bits per heavy atom. The predicted octanol–water partition coefficient (Wildman–Crippen LogP) is 5.29. The van der Waals surface area contributed by atoms with E-state index in [4.69, 9.17) is 4.74 Å². The van der Waals surface area contributed by atoms with Crippen molar-refractivity contribution in [2.75, 3.05) is 36.5 Å². The maximum Gasteiger partial charge on any atom is 0.411 e. The number of ether oxygens (including phenoxy) is 1. The Kier molecular flexibility index (Phi) is 7.27. The number of nitrogens with one attached hydrogen (secondary N) is 1. The number of hydrogen-bond acceptors (Lipinski definition) is 5. The van der Waals surface area contributed by atoms with Crippen LogP contribution in [-0.4, -0.2) is 51.0 Å². The van der Waals surface area contributed by atoms with Gasteiger partial charge in [0.1, 0.15) is 0 Å². The van der Waals surface area contributed by atoms with Gasteiger partial charge in [0, 0.05) is 42.0 Å². The summed E-state index contributed by atoms with van der Waals surface area (Å²) in [5, 5.41) is 2.79. The van der Waals surface area contributed by atoms with Crippen LogP contribution in [0.2, 0.25) is 0 Å². The number of rotatable bonds is 5. The maximum absolute atomic E-state index is 13.9. The normalized spacial score (nSPS) is 19.4. The summed E-state index contributed by atoms with van der Waals surface area (Å²) in [7, 11) is -3.64. The molecule has 2 amide bonds. The molecule has 2 heterocycles. The first-order chi connectivity index (χ1) is 17.8. The Labute approximate surface area is 219 Å². The van der Waals surface area contributed by atoms with Gasteiger partial charge in [-0.15, -0.1) is 0 Å². The predicted molar refractivity (Wildman–Crippen MR) is 143 cm³/mol. The first-order valence-electron chi connectivity index (χ1n) is 13.3. The van der Waals surface area contributed by atoms with Crippen LogP contribution < -0.4 is 10.2 Å². The Morgan fingerprint density at radius 1 is 0.973 bits per heavy atom. The molecule has 0 aromatic heterocycles. The van der Waals surface area contributed by atoms with Crippen molar-refractivity contribution in [3.63, 3.8) is 0 Å². The Hall–Kier alpha value is -2.91. The minimum absolute atomic E-state index is 0.168. The molecule has 0 bridgehead atoms. The van der Waals surface area contributed by atoms with E-state index in [0.717, 1.165) is 56.2 Å². The lowest BCUT2D eigenvalue weighted by molar-refractivity contribution is 0.0982. The van der Waals surface area contributed by atoms with Gasteiger partial charge in [0.25, 0.3) is 5.91 Å². The van der Waals surface area contributed by atoms with Crippen molar-refractivity contribution in [1.29, 1.82) is 0 Å². The first-order valence-corrected chi connectivity index (χ1v) is 14.8. The van der Waals surface area contributed by atoms with Crippen molar-refractivity contribution in [3.8, 4) is 0 Å². The smallest absolute Gasteiger partial charge is 0.411 e. The van der Waals surface area contributed by atoms with Gasteiger partial charge in [0.15, 0.2) is 0 Å². The van der Waals surface area contributed by atoms with E-state index in [9.17, 15) is 18.0 Å². The van der Waals surface area contributed by atoms with Gasteiger partial charge in [-0.2, -0.15) is 4.31 Å². The molecule has 1 spiro atoms. The average molecular weight is 526 g/mol. The number of sulfonamides is 1. The maximum atomic E-state index is 13.9. The highest BCUT2D eigenvalue weighted by Gasteiger charge is 2.45. The van der Waals surface area contributed by atoms with Crippen LogP contribution in [0.4, 0.5) is 16.2 Å². The molecule has 198 valence electrons. The molecular formula is C28H35N3O5S. The summed E-state index contributed by atoms with van der Waals surface area (Å²) in [5.74, 6) is -0.203. The quantitative estimate of drug-likeness (QED) is 0.572. The summed E-state index contributed by atoms with van der Waals surface area (Å²) >= 11 is 0. The number of carbonyl (C=O) groups is 2. The SMILES string of the molecule is CCOC(=O)Nc1ccc2c(c1)C1(CCCCC1)CN2C(=O)c1cccc(S(=O)(=O)N2CCCCC2)c1. The number of anilines is 2. The van der Waals surface area contributed by atoms with Crippen LogP contribution in [0.1, 0.15) is 74.2 Å². The van der Waals surface area contributed by atoms with Gasteiger partial charge in [-0.1, -0.05) is 31.7 Å². The van der Waals surface area contributed by atoms with E-state index < -0.39 is 16.1 Å². The van der Waals surface area contributed by atoms with E-state index in [1.165, 1.54) is 16.8 Å². The molecule has 0 unspecified atom stereocenters. The first kappa shape index (κ1) is 25.7. The minimum Gasteiger partial charge on any atom is -0.450 e. The van der Waals surface area contributed by atoms with Crippen LogP contribution in [0, 0.1) is 0 Å². The van der Waals surface area contributed by atoms with Crippen molar-refractivity contribution in [1.82, 2.24) is 4.31 Å². The second kappa shape index (κ2) is 10.5. The molecular weight excluding hydrogens is 490 g/mol. The number of benzene rings is 2. The van der Waals surface area contributed by atoms with E-state index in [-0.39, 0.29) is 22.8 Å². The standard InChI is InChI=1S/C28H35N3O5S/c1-2-36-27(33)29-22-12-13-25-24(19-22)28(14-5-3-6-15-28)20-31(25)26(32)21-10-9-11-23(18-21)37(34,35)30-16-7-4-8-17-30/h9-13,18-19H,2-8,14-17,20H2,1H3,(H,29,33). The molecule has 2 fully saturated rings. The second-order valence-electron chi connectivity index (χ2n) is 10.3. The summed E-state index contributed by atoms with van der Waals surface area (Å²) in [4.78, 5) is 27.8. The topological polar surface area (TPSA) is 96.0 Å². The number of amides is 2. The summed E-state index contributed by atoms with van der Waals surface area (Å²) in [6, 6.07) is 12.1. The van der Waals surface area contributed by atoms with E-state index in [1.807, 2.05) is 12.1 Å². The van der Waals surface area contributed by atoms with Crippen LogP contribution in [-0.2, 0) is 20.2 Å². The largest absolute Gasteiger partial charge is 0.450 e. The van der Waals surface area contributed by atoms with Crippen molar-refractivity contribution in [2.45, 2.75) is 68.6 Å². The van der Waals surface area contributed by atoms with Crippen molar-refractivity contribution < 1.29 is 22.7 Å². The number of fused-ring (bicyclic) bond motifs is 2. The average Bonchev–Trinajstić information content (AvgIpc) is 3.22. The second-order valence-corrected chi connectivity index (χ2v) is 12.2. The number of hydrogen-bond donors (Lipinski definition) is 1. The van der Waals surface area contributed by atoms with Crippen molar-refractivity contribution in [2.24, 2.45) is 0 Å². The van der Waals surface area contributed by atoms with Gasteiger partial charge >= 0.3 is 6.09 Å². The highest BCUT2D eigenvalue weighted by atomic mass is 32.2. The van der Waals surface area contributed by atoms with Gasteiger partial charge in [-0.05, 0) is 74.6 Å². The molecule has 5 rings (SSSR count). The lowest BCUT2D eigenvalue weighted by atomic mass is 9.70. The molecule has 3 aliphatic rings. The van der Waals surface area contributed by atoms with Crippen LogP contribution in [0.25, 0.3) is 0 Å². The third-order valence-electron chi connectivity index (χ3n) is 7.93. The zero-order chi connectivity index (χ0) is 26.0. The zero-order valence-electron chi connectivity index (χ0n) is 21.4. The molecule has 2 aliphatic heterocycles. The van der Waals surface area contributed by atoms with Crippen LogP contribution in [0.3, 0.4) is 0 Å². The fraction of sp³-hybridized carbons (Fsp3) is 0.500. The van der Waals surface area contributed by atoms with Gasteiger partial charge in [0.05, 0.1) is 11.5 Å². The number of carbonyl (C=O) groups excluding carboxylic acids is 2. The van der Waals surface area contributed by atoms with Gasteiger partial charge < -0.3 is 9.64 Å². The van der Waals surface area contributed by atoms with Gasteiger partial charge in [-0.25, -0.2) is 13.2 Å². The lowest BCUT2D eigenvalue weighted by Gasteiger charge is -2.34. The van der Waals surface area contributed by atoms with E-state index >= 15 is 0 Å². The van der Waals surface area contributed by atoms with Crippen LogP contribution in [0.5, 0.6) is 0 Å². The molecule has 0 radical (unpaired) electrons. The molecule has 1 saturated carbocycles. The molecule has 1 aliphatic carbocycles. The lowest BCUT2D eigenvalue weighted by Crippen LogP contribution is -2.38. The van der Waals surface area contributed by atoms with Crippen molar-refractivity contribution in [3.05, 3.63) is 53.6 Å². The summed E-state index contributed by atoms with van der Waals surface area (Å²) in [6.07, 6.45) is 7.53. The molecule has 8 nitrogen and oxygen atoms in total. The highest BCUT2D eigenvalue weighted by Crippen LogP contribution is 2.50. The minimum atomic E-state index is -3.64. The van der Waals surface area contributed by atoms with Gasteiger partial charge in [0.2, 0.25) is 10.0 Å². The molecule has 2 aromatic rings. The Morgan fingerprint density at radius 3 is 2.43 bits per heavy atom. The van der Waals surface area contributed by atoms with Gasteiger partial charge in [-0.3, -0.25) is 10.1 Å². The molecule has 9 heteroatoms. The van der Waals surface area contributed by atoms with Crippen LogP contribution >= 0.6 is 0 Å². The Bertz CT molecular complexity index is 1280. The molecule has 1 N–H and O–H groups in total. The Balaban J connectivity index is 1.46. The summed E-state index contributed by atoms with van der Waals surface area (Å²) in [6.45, 7) is 3.63. The fourth-order valence-corrected chi connectivity index (χ4v) is 7.63. The highest BCUT2D eigenvalue weighted by molar-refractivity contribution is 7.89. The molecule has 0 atom stereocenters. The third-order valence-corrected chi connectivity index (χ3v) is 9.83. The molecule has 1 saturated heterocycles. The van der Waals surface area contributed by atoms with E-state index in [0.29, 0.717) is 30.9 Å². The molecule has 2 aromatic carbocycles.